The van der Waals surface area contributed by atoms with Crippen LogP contribution in [0.3, 0.4) is 0 Å². The van der Waals surface area contributed by atoms with E-state index in [9.17, 15) is 4.79 Å². The normalized spacial score (nSPS) is 19.7. The number of fused-ring (bicyclic) bond motifs is 1. The molecule has 0 unspecified atom stereocenters. The van der Waals surface area contributed by atoms with Crippen molar-refractivity contribution in [3.63, 3.8) is 0 Å². The summed E-state index contributed by atoms with van der Waals surface area (Å²) in [6.07, 6.45) is 1.59. The Labute approximate surface area is 139 Å². The van der Waals surface area contributed by atoms with Gasteiger partial charge in [-0.15, -0.1) is 11.8 Å². The summed E-state index contributed by atoms with van der Waals surface area (Å²) < 4.78 is 5.65. The van der Waals surface area contributed by atoms with Crippen molar-refractivity contribution in [2.45, 2.75) is 17.1 Å². The van der Waals surface area contributed by atoms with Gasteiger partial charge in [0.2, 0.25) is 0 Å². The highest BCUT2D eigenvalue weighted by molar-refractivity contribution is 7.98. The van der Waals surface area contributed by atoms with E-state index in [-0.39, 0.29) is 18.0 Å². The lowest BCUT2D eigenvalue weighted by molar-refractivity contribution is 0.0954. The minimum atomic E-state index is -0.351. The second kappa shape index (κ2) is 5.84. The molecular formula is C20H16O2S. The summed E-state index contributed by atoms with van der Waals surface area (Å²) in [5.41, 5.74) is 1.79. The maximum absolute atomic E-state index is 12.6. The van der Waals surface area contributed by atoms with E-state index in [2.05, 4.69) is 18.4 Å². The molecule has 0 saturated carbocycles. The van der Waals surface area contributed by atoms with Crippen molar-refractivity contribution in [2.75, 3.05) is 6.26 Å². The fourth-order valence-electron chi connectivity index (χ4n) is 2.87. The molecule has 1 aliphatic rings. The average Bonchev–Trinajstić information content (AvgIpc) is 3.41. The summed E-state index contributed by atoms with van der Waals surface area (Å²) in [5, 5.41) is 2.23. The second-order valence-corrected chi connectivity index (χ2v) is 6.56. The molecule has 3 aromatic rings. The van der Waals surface area contributed by atoms with Crippen LogP contribution in [-0.2, 0) is 4.74 Å². The molecule has 1 fully saturated rings. The Balaban J connectivity index is 1.55. The minimum Gasteiger partial charge on any atom is -0.356 e. The van der Waals surface area contributed by atoms with Gasteiger partial charge < -0.3 is 4.74 Å². The molecule has 1 saturated heterocycles. The highest BCUT2D eigenvalue weighted by Gasteiger charge is 2.46. The minimum absolute atomic E-state index is 0.0645. The molecule has 1 heterocycles. The van der Waals surface area contributed by atoms with Crippen molar-refractivity contribution in [1.29, 1.82) is 0 Å². The van der Waals surface area contributed by atoms with Crippen LogP contribution in [0.1, 0.15) is 22.0 Å². The summed E-state index contributed by atoms with van der Waals surface area (Å²) in [6.45, 7) is 0. The largest absolute Gasteiger partial charge is 0.356 e. The van der Waals surface area contributed by atoms with E-state index in [1.54, 1.807) is 11.8 Å². The fourth-order valence-corrected chi connectivity index (χ4v) is 3.27. The molecule has 3 heteroatoms. The van der Waals surface area contributed by atoms with Gasteiger partial charge in [-0.2, -0.15) is 0 Å². The Kier molecular flexibility index (Phi) is 3.68. The average molecular weight is 320 g/mol. The Morgan fingerprint density at radius 3 is 2.43 bits per heavy atom. The smallest absolute Gasteiger partial charge is 0.194 e. The van der Waals surface area contributed by atoms with Crippen LogP contribution in [0.15, 0.2) is 71.6 Å². The van der Waals surface area contributed by atoms with Gasteiger partial charge in [-0.05, 0) is 40.8 Å². The standard InChI is InChI=1S/C20H16O2S/c1-23-17-10-8-14(9-11-17)19-20(22-19)18(21)16-7-6-13-4-2-3-5-15(13)12-16/h2-12,19-20H,1H3/t19-,20-/m0/s1. The molecular weight excluding hydrogens is 304 g/mol. The van der Waals surface area contributed by atoms with Gasteiger partial charge in [0, 0.05) is 10.5 Å². The number of Topliss-reactive ketones (excluding diaryl/α,β-unsaturated/α-hetero) is 1. The summed E-state index contributed by atoms with van der Waals surface area (Å²) >= 11 is 1.71. The fraction of sp³-hybridized carbons (Fsp3) is 0.150. The van der Waals surface area contributed by atoms with E-state index >= 15 is 0 Å². The van der Waals surface area contributed by atoms with Crippen molar-refractivity contribution < 1.29 is 9.53 Å². The van der Waals surface area contributed by atoms with Gasteiger partial charge in [-0.3, -0.25) is 4.79 Å². The Morgan fingerprint density at radius 1 is 0.957 bits per heavy atom. The number of ether oxygens (including phenoxy) is 1. The number of epoxide rings is 1. The first-order valence-corrected chi connectivity index (χ1v) is 8.81. The van der Waals surface area contributed by atoms with Gasteiger partial charge in [-0.1, -0.05) is 48.5 Å². The third-order valence-electron chi connectivity index (χ3n) is 4.23. The molecule has 4 rings (SSSR count). The van der Waals surface area contributed by atoms with Crippen molar-refractivity contribution >= 4 is 28.3 Å². The third-order valence-corrected chi connectivity index (χ3v) is 4.97. The highest BCUT2D eigenvalue weighted by Crippen LogP contribution is 2.41. The van der Waals surface area contributed by atoms with Gasteiger partial charge in [0.05, 0.1) is 0 Å². The molecule has 23 heavy (non-hydrogen) atoms. The van der Waals surface area contributed by atoms with Gasteiger partial charge in [0.25, 0.3) is 0 Å². The van der Waals surface area contributed by atoms with Crippen LogP contribution in [-0.4, -0.2) is 18.1 Å². The zero-order valence-electron chi connectivity index (χ0n) is 12.7. The number of thioether (sulfide) groups is 1. The monoisotopic (exact) mass is 320 g/mol. The number of hydrogen-bond donors (Lipinski definition) is 0. The Morgan fingerprint density at radius 2 is 1.70 bits per heavy atom. The summed E-state index contributed by atoms with van der Waals surface area (Å²) in [4.78, 5) is 13.8. The zero-order valence-corrected chi connectivity index (χ0v) is 13.5. The second-order valence-electron chi connectivity index (χ2n) is 5.68. The van der Waals surface area contributed by atoms with E-state index < -0.39 is 0 Å². The predicted molar refractivity (Wildman–Crippen MR) is 94.1 cm³/mol. The lowest BCUT2D eigenvalue weighted by atomic mass is 10.00. The SMILES string of the molecule is CSc1ccc([C@@H]2O[C@H]2C(=O)c2ccc3ccccc3c2)cc1. The van der Waals surface area contributed by atoms with Gasteiger partial charge in [0.15, 0.2) is 11.9 Å². The van der Waals surface area contributed by atoms with E-state index in [0.29, 0.717) is 0 Å². The van der Waals surface area contributed by atoms with E-state index in [1.165, 1.54) is 4.90 Å². The van der Waals surface area contributed by atoms with Crippen LogP contribution < -0.4 is 0 Å². The molecule has 2 atom stereocenters. The molecule has 0 aromatic heterocycles. The predicted octanol–water partition coefficient (Wildman–Crippen LogP) is 4.88. The quantitative estimate of drug-likeness (QED) is 0.390. The molecule has 0 radical (unpaired) electrons. The number of carbonyl (C=O) groups is 1. The highest BCUT2D eigenvalue weighted by atomic mass is 32.2. The molecule has 0 N–H and O–H groups in total. The maximum atomic E-state index is 12.6. The topological polar surface area (TPSA) is 29.6 Å². The van der Waals surface area contributed by atoms with Crippen molar-refractivity contribution in [2.24, 2.45) is 0 Å². The van der Waals surface area contributed by atoms with Crippen LogP contribution in [0, 0.1) is 0 Å². The molecule has 0 spiro atoms. The third kappa shape index (κ3) is 2.78. The number of hydrogen-bond acceptors (Lipinski definition) is 3. The molecule has 1 aliphatic heterocycles. The summed E-state index contributed by atoms with van der Waals surface area (Å²) in [5.74, 6) is 0.0645. The van der Waals surface area contributed by atoms with E-state index in [1.807, 2.05) is 54.6 Å². The first kappa shape index (κ1) is 14.5. The van der Waals surface area contributed by atoms with Crippen LogP contribution in [0.5, 0.6) is 0 Å². The molecule has 0 aliphatic carbocycles. The number of benzene rings is 3. The first-order valence-electron chi connectivity index (χ1n) is 7.59. The number of rotatable bonds is 4. The van der Waals surface area contributed by atoms with Gasteiger partial charge in [0.1, 0.15) is 6.10 Å². The maximum Gasteiger partial charge on any atom is 0.194 e. The molecule has 0 bridgehead atoms. The Hall–Kier alpha value is -2.10. The summed E-state index contributed by atoms with van der Waals surface area (Å²) in [6, 6.07) is 22.1. The van der Waals surface area contributed by atoms with Gasteiger partial charge in [-0.25, -0.2) is 0 Å². The summed E-state index contributed by atoms with van der Waals surface area (Å²) in [7, 11) is 0. The lowest BCUT2D eigenvalue weighted by Gasteiger charge is -2.02. The van der Waals surface area contributed by atoms with Crippen LogP contribution in [0.2, 0.25) is 0 Å². The van der Waals surface area contributed by atoms with Crippen molar-refractivity contribution in [1.82, 2.24) is 0 Å². The van der Waals surface area contributed by atoms with Crippen LogP contribution >= 0.6 is 11.8 Å². The number of carbonyl (C=O) groups excluding carboxylic acids is 1. The van der Waals surface area contributed by atoms with Gasteiger partial charge >= 0.3 is 0 Å². The van der Waals surface area contributed by atoms with E-state index in [0.717, 1.165) is 21.9 Å². The molecule has 114 valence electrons. The van der Waals surface area contributed by atoms with Crippen LogP contribution in [0.25, 0.3) is 10.8 Å². The Bertz CT molecular complexity index is 870. The molecule has 2 nitrogen and oxygen atoms in total. The molecule has 3 aromatic carbocycles. The first-order chi connectivity index (χ1) is 11.3. The molecule has 0 amide bonds. The van der Waals surface area contributed by atoms with E-state index in [4.69, 9.17) is 4.74 Å². The number of ketones is 1. The van der Waals surface area contributed by atoms with Crippen molar-refractivity contribution in [3.05, 3.63) is 77.9 Å². The van der Waals surface area contributed by atoms with Crippen LogP contribution in [0.4, 0.5) is 0 Å². The zero-order chi connectivity index (χ0) is 15.8. The lowest BCUT2D eigenvalue weighted by Crippen LogP contribution is -2.08. The van der Waals surface area contributed by atoms with Crippen molar-refractivity contribution in [3.8, 4) is 0 Å².